The summed E-state index contributed by atoms with van der Waals surface area (Å²) in [6.45, 7) is 9.21. The summed E-state index contributed by atoms with van der Waals surface area (Å²) >= 11 is 0. The molecule has 0 fully saturated rings. The smallest absolute Gasteiger partial charge is 0.223 e. The van der Waals surface area contributed by atoms with E-state index in [4.69, 9.17) is 0 Å². The summed E-state index contributed by atoms with van der Waals surface area (Å²) in [6, 6.07) is 1.97. The summed E-state index contributed by atoms with van der Waals surface area (Å²) in [5.74, 6) is 1.36. The highest BCUT2D eigenvalue weighted by Gasteiger charge is 1.99. The summed E-state index contributed by atoms with van der Waals surface area (Å²) in [6.07, 6.45) is 0. The summed E-state index contributed by atoms with van der Waals surface area (Å²) < 4.78 is 0. The van der Waals surface area contributed by atoms with E-state index in [1.165, 1.54) is 0 Å². The Morgan fingerprint density at radius 1 is 1.23 bits per heavy atom. The molecule has 0 radical (unpaired) electrons. The molecule has 3 heteroatoms. The van der Waals surface area contributed by atoms with Crippen LogP contribution < -0.4 is 5.32 Å². The molecule has 0 spiro atoms. The standard InChI is InChI=1S/C10H17N3/c1-7(2)6-11-10-12-8(3)5-9(4)13-10/h5,7H,6H2,1-4H3,(H,11,12,13). The largest absolute Gasteiger partial charge is 0.354 e. The summed E-state index contributed by atoms with van der Waals surface area (Å²) in [5, 5.41) is 3.20. The van der Waals surface area contributed by atoms with Crippen molar-refractivity contribution in [1.82, 2.24) is 9.97 Å². The van der Waals surface area contributed by atoms with Crippen molar-refractivity contribution in [3.8, 4) is 0 Å². The second kappa shape index (κ2) is 4.21. The SMILES string of the molecule is Cc1cc(C)nc(NCC(C)C)n1. The molecule has 3 nitrogen and oxygen atoms in total. The van der Waals surface area contributed by atoms with E-state index in [9.17, 15) is 0 Å². The average Bonchev–Trinajstić information content (AvgIpc) is 1.99. The molecule has 0 amide bonds. The van der Waals surface area contributed by atoms with Crippen molar-refractivity contribution in [1.29, 1.82) is 0 Å². The van der Waals surface area contributed by atoms with E-state index >= 15 is 0 Å². The van der Waals surface area contributed by atoms with Crippen LogP contribution >= 0.6 is 0 Å². The first-order valence-electron chi connectivity index (χ1n) is 4.64. The number of hydrogen-bond donors (Lipinski definition) is 1. The van der Waals surface area contributed by atoms with E-state index < -0.39 is 0 Å². The van der Waals surface area contributed by atoms with Crippen molar-refractivity contribution in [2.24, 2.45) is 5.92 Å². The first-order valence-corrected chi connectivity index (χ1v) is 4.64. The minimum atomic E-state index is 0.615. The van der Waals surface area contributed by atoms with Crippen LogP contribution in [0.15, 0.2) is 6.07 Å². The van der Waals surface area contributed by atoms with Crippen LogP contribution in [0.1, 0.15) is 25.2 Å². The first kappa shape index (κ1) is 9.96. The molecule has 1 N–H and O–H groups in total. The summed E-state index contributed by atoms with van der Waals surface area (Å²) in [5.41, 5.74) is 2.03. The van der Waals surface area contributed by atoms with Crippen LogP contribution in [0.2, 0.25) is 0 Å². The number of rotatable bonds is 3. The molecule has 72 valence electrons. The van der Waals surface area contributed by atoms with Crippen molar-refractivity contribution in [2.45, 2.75) is 27.7 Å². The molecule has 0 atom stereocenters. The Bertz CT molecular complexity index is 261. The van der Waals surface area contributed by atoms with Gasteiger partial charge in [0.25, 0.3) is 0 Å². The molecule has 0 aliphatic carbocycles. The van der Waals surface area contributed by atoms with Gasteiger partial charge in [0.15, 0.2) is 0 Å². The molecule has 0 saturated carbocycles. The third-order valence-electron chi connectivity index (χ3n) is 1.65. The van der Waals surface area contributed by atoms with Crippen LogP contribution in [0.4, 0.5) is 5.95 Å². The highest BCUT2D eigenvalue weighted by atomic mass is 15.1. The van der Waals surface area contributed by atoms with Gasteiger partial charge in [-0.25, -0.2) is 9.97 Å². The van der Waals surface area contributed by atoms with Gasteiger partial charge in [0.05, 0.1) is 0 Å². The molecule has 1 aromatic heterocycles. The van der Waals surface area contributed by atoms with Crippen molar-refractivity contribution in [2.75, 3.05) is 11.9 Å². The fraction of sp³-hybridized carbons (Fsp3) is 0.600. The Morgan fingerprint density at radius 3 is 2.23 bits per heavy atom. The monoisotopic (exact) mass is 179 g/mol. The van der Waals surface area contributed by atoms with Gasteiger partial charge in [0.2, 0.25) is 5.95 Å². The van der Waals surface area contributed by atoms with Crippen molar-refractivity contribution in [3.63, 3.8) is 0 Å². The minimum Gasteiger partial charge on any atom is -0.354 e. The number of anilines is 1. The van der Waals surface area contributed by atoms with E-state index in [0.29, 0.717) is 5.92 Å². The maximum absolute atomic E-state index is 4.28. The van der Waals surface area contributed by atoms with Gasteiger partial charge < -0.3 is 5.32 Å². The van der Waals surface area contributed by atoms with Crippen LogP contribution in [0.3, 0.4) is 0 Å². The number of nitrogens with zero attached hydrogens (tertiary/aromatic N) is 2. The first-order chi connectivity index (χ1) is 6.08. The molecular formula is C10H17N3. The maximum Gasteiger partial charge on any atom is 0.223 e. The molecular weight excluding hydrogens is 162 g/mol. The minimum absolute atomic E-state index is 0.615. The van der Waals surface area contributed by atoms with Crippen LogP contribution in [-0.4, -0.2) is 16.5 Å². The quantitative estimate of drug-likeness (QED) is 0.772. The zero-order chi connectivity index (χ0) is 9.84. The van der Waals surface area contributed by atoms with Crippen LogP contribution in [0.5, 0.6) is 0 Å². The van der Waals surface area contributed by atoms with E-state index in [0.717, 1.165) is 23.9 Å². The Hall–Kier alpha value is -1.12. The fourth-order valence-corrected chi connectivity index (χ4v) is 1.10. The predicted molar refractivity (Wildman–Crippen MR) is 54.8 cm³/mol. The molecule has 13 heavy (non-hydrogen) atoms. The van der Waals surface area contributed by atoms with Gasteiger partial charge in [0, 0.05) is 17.9 Å². The molecule has 0 aromatic carbocycles. The highest BCUT2D eigenvalue weighted by molar-refractivity contribution is 5.27. The maximum atomic E-state index is 4.28. The van der Waals surface area contributed by atoms with Gasteiger partial charge >= 0.3 is 0 Å². The van der Waals surface area contributed by atoms with E-state index in [-0.39, 0.29) is 0 Å². The second-order valence-electron chi connectivity index (χ2n) is 3.75. The molecule has 1 rings (SSSR count). The van der Waals surface area contributed by atoms with Crippen LogP contribution in [-0.2, 0) is 0 Å². The van der Waals surface area contributed by atoms with Gasteiger partial charge in [-0.05, 0) is 25.8 Å². The number of hydrogen-bond acceptors (Lipinski definition) is 3. The molecule has 1 aromatic rings. The Kier molecular flexibility index (Phi) is 3.23. The lowest BCUT2D eigenvalue weighted by Crippen LogP contribution is -2.11. The van der Waals surface area contributed by atoms with Gasteiger partial charge in [0.1, 0.15) is 0 Å². The Morgan fingerprint density at radius 2 is 1.77 bits per heavy atom. The zero-order valence-corrected chi connectivity index (χ0v) is 8.76. The molecule has 0 bridgehead atoms. The molecule has 1 heterocycles. The summed E-state index contributed by atoms with van der Waals surface area (Å²) in [4.78, 5) is 8.57. The van der Waals surface area contributed by atoms with E-state index in [1.54, 1.807) is 0 Å². The number of aromatic nitrogens is 2. The third-order valence-corrected chi connectivity index (χ3v) is 1.65. The third kappa shape index (κ3) is 3.40. The van der Waals surface area contributed by atoms with Crippen molar-refractivity contribution in [3.05, 3.63) is 17.5 Å². The molecule has 0 aliphatic rings. The lowest BCUT2D eigenvalue weighted by Gasteiger charge is -2.08. The molecule has 0 saturated heterocycles. The van der Waals surface area contributed by atoms with Crippen molar-refractivity contribution < 1.29 is 0 Å². The summed E-state index contributed by atoms with van der Waals surface area (Å²) in [7, 11) is 0. The van der Waals surface area contributed by atoms with Gasteiger partial charge in [-0.15, -0.1) is 0 Å². The zero-order valence-electron chi connectivity index (χ0n) is 8.76. The Labute approximate surface area is 79.6 Å². The van der Waals surface area contributed by atoms with Gasteiger partial charge in [-0.1, -0.05) is 13.8 Å². The Balaban J connectivity index is 2.66. The van der Waals surface area contributed by atoms with E-state index in [2.05, 4.69) is 29.1 Å². The topological polar surface area (TPSA) is 37.8 Å². The van der Waals surface area contributed by atoms with Gasteiger partial charge in [-0.3, -0.25) is 0 Å². The number of nitrogens with one attached hydrogen (secondary N) is 1. The lowest BCUT2D eigenvalue weighted by molar-refractivity contribution is 0.684. The molecule has 0 aliphatic heterocycles. The van der Waals surface area contributed by atoms with E-state index in [1.807, 2.05) is 19.9 Å². The average molecular weight is 179 g/mol. The highest BCUT2D eigenvalue weighted by Crippen LogP contribution is 2.04. The fourth-order valence-electron chi connectivity index (χ4n) is 1.10. The predicted octanol–water partition coefficient (Wildman–Crippen LogP) is 2.16. The lowest BCUT2D eigenvalue weighted by atomic mass is 10.2. The normalized spacial score (nSPS) is 10.5. The molecule has 0 unspecified atom stereocenters. The van der Waals surface area contributed by atoms with Crippen LogP contribution in [0, 0.1) is 19.8 Å². The number of aryl methyl sites for hydroxylation is 2. The van der Waals surface area contributed by atoms with Gasteiger partial charge in [-0.2, -0.15) is 0 Å². The second-order valence-corrected chi connectivity index (χ2v) is 3.75. The van der Waals surface area contributed by atoms with Crippen LogP contribution in [0.25, 0.3) is 0 Å². The van der Waals surface area contributed by atoms with Crippen molar-refractivity contribution >= 4 is 5.95 Å².